The number of unbranched alkanes of at least 4 members (excludes halogenated alkanes) is 8. The lowest BCUT2D eigenvalue weighted by atomic mass is 10.1. The highest BCUT2D eigenvalue weighted by molar-refractivity contribution is 5.69. The van der Waals surface area contributed by atoms with Crippen molar-refractivity contribution in [3.63, 3.8) is 0 Å². The molecule has 0 saturated carbocycles. The highest BCUT2D eigenvalue weighted by atomic mass is 16.6. The number of carbonyl (C=O) groups is 1. The molecule has 1 atom stereocenters. The van der Waals surface area contributed by atoms with E-state index < -0.39 is 6.10 Å². The lowest BCUT2D eigenvalue weighted by Crippen LogP contribution is -2.27. The molecule has 0 bridgehead atoms. The fourth-order valence-electron chi connectivity index (χ4n) is 2.34. The van der Waals surface area contributed by atoms with Gasteiger partial charge in [-0.05, 0) is 25.7 Å². The molecule has 4 heteroatoms. The standard InChI is InChI=1S/C20H38O4/c1-3-5-6-7-8-9-10-11-12-13-14-15-16-23-18-19(17-21)24-20(22)4-2/h7-8,19,21H,3-6,9-18H2,1-2H3/b8-7-. The maximum atomic E-state index is 11.1. The summed E-state index contributed by atoms with van der Waals surface area (Å²) < 4.78 is 10.5. The first-order valence-corrected chi connectivity index (χ1v) is 9.77. The predicted molar refractivity (Wildman–Crippen MR) is 99.1 cm³/mol. The zero-order valence-electron chi connectivity index (χ0n) is 15.8. The third-order valence-corrected chi connectivity index (χ3v) is 3.89. The zero-order chi connectivity index (χ0) is 17.9. The van der Waals surface area contributed by atoms with Crippen LogP contribution in [0.4, 0.5) is 0 Å². The van der Waals surface area contributed by atoms with Crippen LogP contribution in [-0.2, 0) is 14.3 Å². The average Bonchev–Trinajstić information content (AvgIpc) is 2.60. The summed E-state index contributed by atoms with van der Waals surface area (Å²) in [5.74, 6) is -0.294. The molecule has 0 aromatic rings. The molecule has 0 aromatic heterocycles. The van der Waals surface area contributed by atoms with E-state index in [4.69, 9.17) is 14.6 Å². The molecule has 0 heterocycles. The molecule has 0 saturated heterocycles. The lowest BCUT2D eigenvalue weighted by molar-refractivity contribution is -0.154. The molecule has 0 aliphatic carbocycles. The number of rotatable bonds is 17. The molecule has 0 radical (unpaired) electrons. The Morgan fingerprint density at radius 1 is 0.958 bits per heavy atom. The molecule has 4 nitrogen and oxygen atoms in total. The first-order chi connectivity index (χ1) is 11.7. The maximum absolute atomic E-state index is 11.1. The third kappa shape index (κ3) is 16.0. The molecule has 0 spiro atoms. The van der Waals surface area contributed by atoms with Gasteiger partial charge in [-0.15, -0.1) is 0 Å². The Kier molecular flexibility index (Phi) is 17.8. The van der Waals surface area contributed by atoms with Gasteiger partial charge in [-0.2, -0.15) is 0 Å². The number of aliphatic hydroxyl groups excluding tert-OH is 1. The van der Waals surface area contributed by atoms with Gasteiger partial charge in [-0.1, -0.05) is 64.5 Å². The van der Waals surface area contributed by atoms with Crippen LogP contribution in [0, 0.1) is 0 Å². The zero-order valence-corrected chi connectivity index (χ0v) is 15.8. The van der Waals surface area contributed by atoms with E-state index in [1.807, 2.05) is 0 Å². The van der Waals surface area contributed by atoms with Crippen molar-refractivity contribution in [3.8, 4) is 0 Å². The van der Waals surface area contributed by atoms with Crippen LogP contribution in [0.2, 0.25) is 0 Å². The van der Waals surface area contributed by atoms with Crippen molar-refractivity contribution in [1.29, 1.82) is 0 Å². The highest BCUT2D eigenvalue weighted by Crippen LogP contribution is 2.08. The minimum absolute atomic E-state index is 0.182. The lowest BCUT2D eigenvalue weighted by Gasteiger charge is -2.15. The SMILES string of the molecule is CCCC/C=C\CCCCCCCCOCC(CO)OC(=O)CC. The second-order valence-electron chi connectivity index (χ2n) is 6.25. The Bertz CT molecular complexity index is 302. The molecule has 0 aliphatic heterocycles. The van der Waals surface area contributed by atoms with Gasteiger partial charge in [-0.3, -0.25) is 4.79 Å². The molecule has 0 amide bonds. The average molecular weight is 343 g/mol. The second kappa shape index (κ2) is 18.5. The normalized spacial score (nSPS) is 12.6. The van der Waals surface area contributed by atoms with E-state index in [1.54, 1.807) is 6.92 Å². The Morgan fingerprint density at radius 2 is 1.58 bits per heavy atom. The van der Waals surface area contributed by atoms with Crippen LogP contribution >= 0.6 is 0 Å². The van der Waals surface area contributed by atoms with Gasteiger partial charge in [0.1, 0.15) is 6.10 Å². The van der Waals surface area contributed by atoms with Crippen molar-refractivity contribution >= 4 is 5.97 Å². The van der Waals surface area contributed by atoms with Crippen LogP contribution in [0.3, 0.4) is 0 Å². The van der Waals surface area contributed by atoms with Gasteiger partial charge in [0.15, 0.2) is 0 Å². The summed E-state index contributed by atoms with van der Waals surface area (Å²) in [5, 5.41) is 9.11. The third-order valence-electron chi connectivity index (χ3n) is 3.89. The van der Waals surface area contributed by atoms with Crippen LogP contribution < -0.4 is 0 Å². The van der Waals surface area contributed by atoms with Gasteiger partial charge >= 0.3 is 5.97 Å². The largest absolute Gasteiger partial charge is 0.457 e. The summed E-state index contributed by atoms with van der Waals surface area (Å²) in [6.45, 7) is 4.73. The Labute approximate surface area is 148 Å². The molecule has 0 rings (SSSR count). The Balaban J connectivity index is 3.30. The number of esters is 1. The first-order valence-electron chi connectivity index (χ1n) is 9.77. The predicted octanol–water partition coefficient (Wildman–Crippen LogP) is 4.79. The van der Waals surface area contributed by atoms with Crippen LogP contribution in [0.15, 0.2) is 12.2 Å². The number of hydrogen-bond donors (Lipinski definition) is 1. The summed E-state index contributed by atoms with van der Waals surface area (Å²) >= 11 is 0. The van der Waals surface area contributed by atoms with Gasteiger partial charge < -0.3 is 14.6 Å². The molecular formula is C20H38O4. The van der Waals surface area contributed by atoms with Crippen molar-refractivity contribution < 1.29 is 19.4 Å². The van der Waals surface area contributed by atoms with Crippen LogP contribution in [0.25, 0.3) is 0 Å². The van der Waals surface area contributed by atoms with Gasteiger partial charge in [0.25, 0.3) is 0 Å². The molecule has 1 unspecified atom stereocenters. The van der Waals surface area contributed by atoms with Crippen LogP contribution in [0.5, 0.6) is 0 Å². The highest BCUT2D eigenvalue weighted by Gasteiger charge is 2.11. The molecule has 0 fully saturated rings. The quantitative estimate of drug-likeness (QED) is 0.234. The maximum Gasteiger partial charge on any atom is 0.305 e. The van der Waals surface area contributed by atoms with Crippen LogP contribution in [-0.4, -0.2) is 37.0 Å². The van der Waals surface area contributed by atoms with Crippen molar-refractivity contribution in [2.45, 2.75) is 90.6 Å². The number of aliphatic hydroxyl groups is 1. The van der Waals surface area contributed by atoms with E-state index in [0.29, 0.717) is 13.0 Å². The minimum Gasteiger partial charge on any atom is -0.457 e. The number of ether oxygens (including phenoxy) is 2. The smallest absolute Gasteiger partial charge is 0.305 e. The van der Waals surface area contributed by atoms with E-state index in [2.05, 4.69) is 19.1 Å². The first kappa shape index (κ1) is 23.1. The molecule has 142 valence electrons. The van der Waals surface area contributed by atoms with Gasteiger partial charge in [0.05, 0.1) is 13.2 Å². The van der Waals surface area contributed by atoms with Crippen molar-refractivity contribution in [2.75, 3.05) is 19.8 Å². The summed E-state index contributed by atoms with van der Waals surface area (Å²) in [6.07, 6.45) is 16.8. The van der Waals surface area contributed by atoms with Gasteiger partial charge in [0, 0.05) is 13.0 Å². The van der Waals surface area contributed by atoms with E-state index in [0.717, 1.165) is 6.42 Å². The number of hydrogen-bond acceptors (Lipinski definition) is 4. The fraction of sp³-hybridized carbons (Fsp3) is 0.850. The summed E-state index contributed by atoms with van der Waals surface area (Å²) in [4.78, 5) is 11.1. The van der Waals surface area contributed by atoms with E-state index >= 15 is 0 Å². The number of carbonyl (C=O) groups excluding carboxylic acids is 1. The van der Waals surface area contributed by atoms with Crippen molar-refractivity contribution in [1.82, 2.24) is 0 Å². The number of allylic oxidation sites excluding steroid dienone is 2. The van der Waals surface area contributed by atoms with Crippen molar-refractivity contribution in [2.24, 2.45) is 0 Å². The summed E-state index contributed by atoms with van der Waals surface area (Å²) in [6, 6.07) is 0. The Morgan fingerprint density at radius 3 is 2.21 bits per heavy atom. The van der Waals surface area contributed by atoms with Crippen LogP contribution in [0.1, 0.15) is 84.5 Å². The Hall–Kier alpha value is -0.870. The van der Waals surface area contributed by atoms with E-state index in [1.165, 1.54) is 57.8 Å². The van der Waals surface area contributed by atoms with Crippen molar-refractivity contribution in [3.05, 3.63) is 12.2 Å². The molecule has 1 N–H and O–H groups in total. The molecule has 24 heavy (non-hydrogen) atoms. The fourth-order valence-corrected chi connectivity index (χ4v) is 2.34. The molecular weight excluding hydrogens is 304 g/mol. The molecule has 0 aromatic carbocycles. The minimum atomic E-state index is -0.525. The van der Waals surface area contributed by atoms with Gasteiger partial charge in [0.2, 0.25) is 0 Å². The molecule has 0 aliphatic rings. The second-order valence-corrected chi connectivity index (χ2v) is 6.25. The summed E-state index contributed by atoms with van der Waals surface area (Å²) in [5.41, 5.74) is 0. The summed E-state index contributed by atoms with van der Waals surface area (Å²) in [7, 11) is 0. The van der Waals surface area contributed by atoms with Gasteiger partial charge in [-0.25, -0.2) is 0 Å². The van der Waals surface area contributed by atoms with E-state index in [9.17, 15) is 4.79 Å². The monoisotopic (exact) mass is 342 g/mol. The topological polar surface area (TPSA) is 55.8 Å². The van der Waals surface area contributed by atoms with E-state index in [-0.39, 0.29) is 19.2 Å².